The lowest BCUT2D eigenvalue weighted by molar-refractivity contribution is -0.148. The Kier molecular flexibility index (Phi) is 11.8. The normalized spacial score (nSPS) is 23.9. The summed E-state index contributed by atoms with van der Waals surface area (Å²) in [5.41, 5.74) is 7.87. The number of carbonyl (C=O) groups excluding carboxylic acids is 4. The van der Waals surface area contributed by atoms with Crippen LogP contribution in [0.25, 0.3) is 0 Å². The zero-order valence-electron chi connectivity index (χ0n) is 26.7. The molecule has 2 heterocycles. The number of carbonyl (C=O) groups is 4. The smallest absolute Gasteiger partial charge is 0.246 e. The van der Waals surface area contributed by atoms with Gasteiger partial charge in [-0.15, -0.1) is 0 Å². The molecule has 11 nitrogen and oxygen atoms in total. The Morgan fingerprint density at radius 3 is 2.37 bits per heavy atom. The predicted molar refractivity (Wildman–Crippen MR) is 175 cm³/mol. The fourth-order valence-corrected chi connectivity index (χ4v) is 6.68. The Bertz CT molecular complexity index is 1320. The lowest BCUT2D eigenvalue weighted by Gasteiger charge is -2.36. The summed E-state index contributed by atoms with van der Waals surface area (Å²) in [6.07, 6.45) is 3.61. The van der Waals surface area contributed by atoms with Crippen LogP contribution in [0.4, 0.5) is 0 Å². The van der Waals surface area contributed by atoms with Gasteiger partial charge in [0.2, 0.25) is 23.6 Å². The van der Waals surface area contributed by atoms with E-state index in [4.69, 9.17) is 10.5 Å². The highest BCUT2D eigenvalue weighted by Gasteiger charge is 2.45. The van der Waals surface area contributed by atoms with Crippen molar-refractivity contribution in [1.82, 2.24) is 25.8 Å². The molecule has 0 bridgehead atoms. The van der Waals surface area contributed by atoms with Crippen LogP contribution in [0, 0.1) is 0 Å². The summed E-state index contributed by atoms with van der Waals surface area (Å²) < 4.78 is 5.43. The van der Waals surface area contributed by atoms with Crippen molar-refractivity contribution < 1.29 is 23.9 Å². The Labute approximate surface area is 271 Å². The highest BCUT2D eigenvalue weighted by atomic mass is 16.5. The summed E-state index contributed by atoms with van der Waals surface area (Å²) in [5.74, 6) is -0.673. The summed E-state index contributed by atoms with van der Waals surface area (Å²) in [4.78, 5) is 57.7. The number of benzene rings is 2. The largest absolute Gasteiger partial charge is 0.378 e. The van der Waals surface area contributed by atoms with E-state index < -0.39 is 24.0 Å². The molecule has 5 N–H and O–H groups in total. The summed E-state index contributed by atoms with van der Waals surface area (Å²) in [6, 6.07) is 17.4. The number of nitrogens with zero attached hydrogens (tertiary/aromatic N) is 2. The molecule has 0 radical (unpaired) electrons. The van der Waals surface area contributed by atoms with Gasteiger partial charge in [-0.1, -0.05) is 60.7 Å². The highest BCUT2D eigenvalue weighted by molar-refractivity contribution is 5.96. The molecule has 2 aliphatic heterocycles. The first kappa shape index (κ1) is 33.6. The summed E-state index contributed by atoms with van der Waals surface area (Å²) in [6.45, 7) is 4.46. The van der Waals surface area contributed by atoms with E-state index in [1.54, 1.807) is 9.80 Å². The van der Waals surface area contributed by atoms with Gasteiger partial charge in [-0.2, -0.15) is 0 Å². The average molecular weight is 633 g/mol. The molecule has 2 aromatic rings. The van der Waals surface area contributed by atoms with Gasteiger partial charge in [0.05, 0.1) is 19.8 Å². The Hall–Kier alpha value is -3.80. The van der Waals surface area contributed by atoms with Crippen molar-refractivity contribution >= 4 is 23.6 Å². The maximum atomic E-state index is 13.8. The van der Waals surface area contributed by atoms with Crippen LogP contribution in [-0.4, -0.2) is 103 Å². The molecule has 2 aromatic carbocycles. The van der Waals surface area contributed by atoms with Crippen LogP contribution in [-0.2, 0) is 30.3 Å². The van der Waals surface area contributed by atoms with Crippen molar-refractivity contribution in [2.24, 2.45) is 5.73 Å². The molecular formula is C35H48N6O5. The fourth-order valence-electron chi connectivity index (χ4n) is 6.68. The van der Waals surface area contributed by atoms with Crippen LogP contribution in [0.5, 0.6) is 0 Å². The Morgan fingerprint density at radius 1 is 0.978 bits per heavy atom. The molecule has 4 amide bonds. The van der Waals surface area contributed by atoms with Crippen molar-refractivity contribution in [3.8, 4) is 0 Å². The molecule has 3 fully saturated rings. The zero-order chi connectivity index (χ0) is 32.5. The molecule has 0 spiro atoms. The molecular weight excluding hydrogens is 584 g/mol. The number of ether oxygens (including phenoxy) is 1. The fraction of sp³-hybridized carbons (Fsp3) is 0.543. The van der Waals surface area contributed by atoms with Gasteiger partial charge in [0.25, 0.3) is 0 Å². The zero-order valence-corrected chi connectivity index (χ0v) is 26.7. The lowest BCUT2D eigenvalue weighted by atomic mass is 10.0. The number of unbranched alkanes of at least 4 members (excludes halogenated alkanes) is 1. The highest BCUT2D eigenvalue weighted by Crippen LogP contribution is 2.40. The van der Waals surface area contributed by atoms with Crippen molar-refractivity contribution in [1.29, 1.82) is 0 Å². The third kappa shape index (κ3) is 8.71. The molecule has 0 aromatic heterocycles. The van der Waals surface area contributed by atoms with Crippen molar-refractivity contribution in [2.45, 2.75) is 81.6 Å². The van der Waals surface area contributed by atoms with Crippen LogP contribution < -0.4 is 21.7 Å². The predicted octanol–water partition coefficient (Wildman–Crippen LogP) is 1.32. The molecule has 1 aliphatic carbocycles. The van der Waals surface area contributed by atoms with Crippen molar-refractivity contribution in [2.75, 3.05) is 39.4 Å². The van der Waals surface area contributed by atoms with E-state index in [1.807, 2.05) is 55.5 Å². The van der Waals surface area contributed by atoms with Crippen molar-refractivity contribution in [3.05, 3.63) is 71.8 Å². The summed E-state index contributed by atoms with van der Waals surface area (Å²) >= 11 is 0. The van der Waals surface area contributed by atoms with Crippen LogP contribution in [0.3, 0.4) is 0 Å². The molecule has 248 valence electrons. The molecule has 11 heteroatoms. The van der Waals surface area contributed by atoms with Gasteiger partial charge in [0, 0.05) is 37.5 Å². The Morgan fingerprint density at radius 2 is 1.67 bits per heavy atom. The number of hydrogen-bond donors (Lipinski definition) is 4. The molecule has 46 heavy (non-hydrogen) atoms. The van der Waals surface area contributed by atoms with Crippen LogP contribution in [0.1, 0.15) is 56.1 Å². The number of hydrogen-bond acceptors (Lipinski definition) is 7. The number of likely N-dealkylation sites (tertiary alicyclic amines) is 1. The first-order chi connectivity index (χ1) is 22.4. The monoisotopic (exact) mass is 632 g/mol. The first-order valence-electron chi connectivity index (χ1n) is 16.7. The first-order valence-corrected chi connectivity index (χ1v) is 16.7. The van der Waals surface area contributed by atoms with E-state index >= 15 is 0 Å². The van der Waals surface area contributed by atoms with Gasteiger partial charge in [-0.05, 0) is 56.7 Å². The maximum Gasteiger partial charge on any atom is 0.246 e. The van der Waals surface area contributed by atoms with Gasteiger partial charge in [0.15, 0.2) is 0 Å². The minimum Gasteiger partial charge on any atom is -0.378 e. The third-order valence-electron chi connectivity index (χ3n) is 9.27. The molecule has 3 aliphatic rings. The second-order valence-electron chi connectivity index (χ2n) is 12.7. The van der Waals surface area contributed by atoms with Gasteiger partial charge >= 0.3 is 0 Å². The SMILES string of the molecule is CC1C[C@@H](NC(=O)[C@@H](Cc2ccccc2)NC(=O)CNC2C[C@@H]2c2ccccc2)C(=O)N1[C@H](CCCCN)C(=O)N1CCOCC1. The quantitative estimate of drug-likeness (QED) is 0.217. The van der Waals surface area contributed by atoms with E-state index in [2.05, 4.69) is 28.1 Å². The van der Waals surface area contributed by atoms with E-state index in [0.29, 0.717) is 51.6 Å². The molecule has 2 saturated heterocycles. The number of rotatable bonds is 15. The van der Waals surface area contributed by atoms with E-state index in [0.717, 1.165) is 24.8 Å². The topological polar surface area (TPSA) is 146 Å². The molecule has 1 saturated carbocycles. The van der Waals surface area contributed by atoms with Crippen LogP contribution >= 0.6 is 0 Å². The summed E-state index contributed by atoms with van der Waals surface area (Å²) in [7, 11) is 0. The van der Waals surface area contributed by atoms with Crippen LogP contribution in [0.15, 0.2) is 60.7 Å². The van der Waals surface area contributed by atoms with Gasteiger partial charge in [-0.25, -0.2) is 0 Å². The standard InChI is InChI=1S/C35H48N6O5/c1-24-20-30(34(44)41(24)31(14-8-9-15-36)35(45)40-16-18-46-19-17-40)39-33(43)29(21-25-10-4-2-5-11-25)38-32(42)23-37-28-22-27(28)26-12-6-3-7-13-26/h2-7,10-13,24,27-31,37H,8-9,14-23,36H2,1H3,(H,38,42)(H,39,43)/t24?,27-,28?,29-,30-,31-/m1/s1. The van der Waals surface area contributed by atoms with Crippen molar-refractivity contribution in [3.63, 3.8) is 0 Å². The number of morpholine rings is 1. The molecule has 6 atom stereocenters. The molecule has 5 rings (SSSR count). The van der Waals surface area contributed by atoms with Gasteiger partial charge in [0.1, 0.15) is 18.1 Å². The Balaban J connectivity index is 1.22. The van der Waals surface area contributed by atoms with E-state index in [-0.39, 0.29) is 42.8 Å². The minimum atomic E-state index is -0.867. The number of nitrogens with two attached hydrogens (primary N) is 1. The average Bonchev–Trinajstić information content (AvgIpc) is 3.81. The van der Waals surface area contributed by atoms with E-state index in [9.17, 15) is 19.2 Å². The van der Waals surface area contributed by atoms with Crippen LogP contribution in [0.2, 0.25) is 0 Å². The maximum absolute atomic E-state index is 13.8. The number of amides is 4. The second-order valence-corrected chi connectivity index (χ2v) is 12.7. The lowest BCUT2D eigenvalue weighted by Crippen LogP contribution is -2.56. The summed E-state index contributed by atoms with van der Waals surface area (Å²) in [5, 5.41) is 9.16. The van der Waals surface area contributed by atoms with Gasteiger partial charge < -0.3 is 36.2 Å². The van der Waals surface area contributed by atoms with Gasteiger partial charge in [-0.3, -0.25) is 19.2 Å². The third-order valence-corrected chi connectivity index (χ3v) is 9.27. The van der Waals surface area contributed by atoms with E-state index in [1.165, 1.54) is 5.56 Å². The minimum absolute atomic E-state index is 0.0839. The molecule has 2 unspecified atom stereocenters. The second kappa shape index (κ2) is 16.2. The number of nitrogens with one attached hydrogen (secondary N) is 3.